The number of nitrogens with zero attached hydrogens (tertiary/aromatic N) is 9. The molecule has 132 heavy (non-hydrogen) atoms. The number of para-hydroxylation sites is 8. The average molecular weight is 1680 g/mol. The van der Waals surface area contributed by atoms with Gasteiger partial charge >= 0.3 is 0 Å². The van der Waals surface area contributed by atoms with Crippen LogP contribution in [0.25, 0.3) is 230 Å². The van der Waals surface area contributed by atoms with Crippen molar-refractivity contribution in [2.24, 2.45) is 0 Å². The minimum atomic E-state index is 0.646. The largest absolute Gasteiger partial charge is 0.311 e. The van der Waals surface area contributed by atoms with Crippen molar-refractivity contribution in [2.45, 2.75) is 0 Å². The molecule has 0 spiro atoms. The Morgan fingerprint density at radius 2 is 0.386 bits per heavy atom. The van der Waals surface area contributed by atoms with Crippen LogP contribution in [0.2, 0.25) is 0 Å². The second kappa shape index (κ2) is 32.3. The van der Waals surface area contributed by atoms with E-state index in [-0.39, 0.29) is 0 Å². The second-order valence-electron chi connectivity index (χ2n) is 33.6. The third-order valence-electron chi connectivity index (χ3n) is 26.2. The minimum Gasteiger partial charge on any atom is -0.311 e. The molecule has 6 heterocycles. The standard InChI is InChI=1S/2C43H27N3.C37H23N3/c44-28-29-9-7-10-31(25-29)32-11-8-12-35(26-32)46-42-18-6-3-15-38(42)39-27-33(21-24-43(39)46)30-19-22-34(23-20-30)45-40-16-4-1-13-36(40)37-14-2-5-17-41(37)45;1-44-33-20-25-38-36-11-5-7-13-40(36)46(43(38)28-33)35-23-17-31(18-24-35)32-19-26-42-39(27-32)37-12-6-8-14-41(37)45(42)34-21-15-30(16-22-34)29-9-3-2-4-10-29;1-38-27-18-21-32-30-11-5-7-13-34(30)40(37(32)24-27)29-19-15-25(16-20-29)26-17-22-36-33(23-26)31-12-6-8-14-35(31)39(36)28-9-3-2-4-10-28/h1-27H;2-28H;2-24H. The number of nitriles is 1. The van der Waals surface area contributed by atoms with E-state index in [9.17, 15) is 5.26 Å². The summed E-state index contributed by atoms with van der Waals surface area (Å²) < 4.78 is 13.9. The molecule has 0 aliphatic rings. The lowest BCUT2D eigenvalue weighted by Gasteiger charge is -2.11. The number of rotatable bonds is 11. The van der Waals surface area contributed by atoms with Crippen molar-refractivity contribution in [2.75, 3.05) is 0 Å². The summed E-state index contributed by atoms with van der Waals surface area (Å²) in [5.41, 5.74) is 34.2. The molecule has 0 amide bonds. The van der Waals surface area contributed by atoms with E-state index < -0.39 is 0 Å². The van der Waals surface area contributed by atoms with Gasteiger partial charge in [0.25, 0.3) is 0 Å². The second-order valence-corrected chi connectivity index (χ2v) is 33.6. The van der Waals surface area contributed by atoms with Crippen molar-refractivity contribution < 1.29 is 0 Å². The lowest BCUT2D eigenvalue weighted by Crippen LogP contribution is -1.94. The van der Waals surface area contributed by atoms with Crippen LogP contribution in [0.5, 0.6) is 0 Å². The van der Waals surface area contributed by atoms with Crippen molar-refractivity contribution in [3.05, 3.63) is 496 Å². The maximum absolute atomic E-state index is 9.43. The molecule has 0 N–H and O–H groups in total. The van der Waals surface area contributed by atoms with Gasteiger partial charge in [-0.25, -0.2) is 9.69 Å². The summed E-state index contributed by atoms with van der Waals surface area (Å²) in [7, 11) is 0. The highest BCUT2D eigenvalue weighted by atomic mass is 15.0. The molecular formula is C123H77N9. The maximum Gasteiger partial charge on any atom is 0.189 e. The normalized spacial score (nSPS) is 11.5. The summed E-state index contributed by atoms with van der Waals surface area (Å²) in [6, 6.07) is 167. The van der Waals surface area contributed by atoms with Crippen molar-refractivity contribution in [3.8, 4) is 95.8 Å². The molecule has 614 valence electrons. The van der Waals surface area contributed by atoms with Gasteiger partial charge in [0.15, 0.2) is 11.4 Å². The minimum absolute atomic E-state index is 0.646. The molecule has 0 aliphatic carbocycles. The molecule has 26 aromatic rings. The Hall–Kier alpha value is -18.3. The molecule has 0 aliphatic heterocycles. The summed E-state index contributed by atoms with van der Waals surface area (Å²) >= 11 is 0. The zero-order valence-corrected chi connectivity index (χ0v) is 71.5. The first-order chi connectivity index (χ1) is 65.3. The van der Waals surface area contributed by atoms with E-state index in [0.29, 0.717) is 16.9 Å². The lowest BCUT2D eigenvalue weighted by atomic mass is 10.0. The smallest absolute Gasteiger partial charge is 0.189 e. The van der Waals surface area contributed by atoms with Crippen LogP contribution in [-0.4, -0.2) is 27.4 Å². The highest BCUT2D eigenvalue weighted by Gasteiger charge is 2.22. The van der Waals surface area contributed by atoms with E-state index in [2.05, 4.69) is 468 Å². The molecule has 20 aromatic carbocycles. The van der Waals surface area contributed by atoms with Gasteiger partial charge in [0, 0.05) is 110 Å². The van der Waals surface area contributed by atoms with Gasteiger partial charge in [0.2, 0.25) is 0 Å². The van der Waals surface area contributed by atoms with Crippen molar-refractivity contribution in [1.82, 2.24) is 27.4 Å². The third kappa shape index (κ3) is 13.2. The molecule has 0 unspecified atom stereocenters. The van der Waals surface area contributed by atoms with Crippen molar-refractivity contribution in [1.29, 1.82) is 5.26 Å². The summed E-state index contributed by atoms with van der Waals surface area (Å²) in [4.78, 5) is 7.38. The summed E-state index contributed by atoms with van der Waals surface area (Å²) in [6.07, 6.45) is 0. The molecule has 0 atom stereocenters. The van der Waals surface area contributed by atoms with E-state index >= 15 is 0 Å². The first-order valence-corrected chi connectivity index (χ1v) is 44.4. The average Bonchev–Trinajstić information content (AvgIpc) is 1.64. The first kappa shape index (κ1) is 77.3. The number of benzene rings is 20. The summed E-state index contributed by atoms with van der Waals surface area (Å²) in [6.45, 7) is 15.1. The SMILES string of the molecule is N#Cc1cccc(-c2cccc(-n3c4ccccc4c4cc(-c5ccc(-n6c7ccccc7c7ccccc76)cc5)ccc43)c2)c1.[C-]#[N+]c1ccc2c3ccccc3n(-c3ccc(-c4ccc5c(c4)c4ccccc4n5-c4ccc(-c5ccccc5)cc4)cc3)c2c1.[C-]#[N+]c1ccc2c3ccccc3n(-c3ccc(-c4ccc5c(c4)c4ccccc4n5-c4ccccc4)cc3)c2c1. The molecule has 6 aromatic heterocycles. The van der Waals surface area contributed by atoms with Gasteiger partial charge < -0.3 is 27.4 Å². The van der Waals surface area contributed by atoms with Gasteiger partial charge in [-0.3, -0.25) is 0 Å². The number of hydrogen-bond acceptors (Lipinski definition) is 1. The van der Waals surface area contributed by atoms with Crippen LogP contribution in [0, 0.1) is 24.5 Å². The fourth-order valence-corrected chi connectivity index (χ4v) is 20.1. The van der Waals surface area contributed by atoms with Crippen molar-refractivity contribution >= 4 is 142 Å². The Morgan fingerprint density at radius 3 is 0.727 bits per heavy atom. The van der Waals surface area contributed by atoms with Gasteiger partial charge in [-0.15, -0.1) is 0 Å². The monoisotopic (exact) mass is 1680 g/mol. The molecular weight excluding hydrogens is 1600 g/mol. The molecule has 0 radical (unpaired) electrons. The third-order valence-corrected chi connectivity index (χ3v) is 26.2. The van der Waals surface area contributed by atoms with Crippen LogP contribution in [0.1, 0.15) is 5.56 Å². The quantitative estimate of drug-likeness (QED) is 0.119. The molecule has 26 rings (SSSR count). The predicted molar refractivity (Wildman–Crippen MR) is 550 cm³/mol. The summed E-state index contributed by atoms with van der Waals surface area (Å²) in [5, 5.41) is 24.1. The Bertz CT molecular complexity index is 9160. The van der Waals surface area contributed by atoms with E-state index in [1.54, 1.807) is 0 Å². The first-order valence-electron chi connectivity index (χ1n) is 44.4. The molecule has 0 fully saturated rings. The van der Waals surface area contributed by atoms with Crippen LogP contribution in [0.3, 0.4) is 0 Å². The molecule has 0 saturated carbocycles. The lowest BCUT2D eigenvalue weighted by molar-refractivity contribution is 1.18. The van der Waals surface area contributed by atoms with Gasteiger partial charge in [-0.1, -0.05) is 291 Å². The zero-order chi connectivity index (χ0) is 87.9. The molecule has 9 heteroatoms. The van der Waals surface area contributed by atoms with Crippen LogP contribution >= 0.6 is 0 Å². The van der Waals surface area contributed by atoms with E-state index in [1.165, 1.54) is 137 Å². The van der Waals surface area contributed by atoms with E-state index in [4.69, 9.17) is 13.1 Å². The zero-order valence-electron chi connectivity index (χ0n) is 71.5. The summed E-state index contributed by atoms with van der Waals surface area (Å²) in [5.74, 6) is 0. The van der Waals surface area contributed by atoms with E-state index in [0.717, 1.165) is 83.5 Å². The Labute approximate surface area is 761 Å². The van der Waals surface area contributed by atoms with Crippen LogP contribution in [0.4, 0.5) is 11.4 Å². The Kier molecular flexibility index (Phi) is 18.9. The van der Waals surface area contributed by atoms with Gasteiger partial charge in [0.1, 0.15) is 0 Å². The van der Waals surface area contributed by atoms with Crippen LogP contribution in [0.15, 0.2) is 467 Å². The van der Waals surface area contributed by atoms with Gasteiger partial charge in [-0.2, -0.15) is 5.26 Å². The topological polar surface area (TPSA) is 62.1 Å². The van der Waals surface area contributed by atoms with Crippen LogP contribution in [-0.2, 0) is 0 Å². The number of hydrogen-bond donors (Lipinski definition) is 0. The fourth-order valence-electron chi connectivity index (χ4n) is 20.1. The van der Waals surface area contributed by atoms with Crippen molar-refractivity contribution in [3.63, 3.8) is 0 Å². The maximum atomic E-state index is 9.43. The fraction of sp³-hybridized carbons (Fsp3) is 0. The highest BCUT2D eigenvalue weighted by Crippen LogP contribution is 2.44. The Morgan fingerprint density at radius 1 is 0.159 bits per heavy atom. The predicted octanol–water partition coefficient (Wildman–Crippen LogP) is 33.0. The molecule has 9 nitrogen and oxygen atoms in total. The van der Waals surface area contributed by atoms with Gasteiger partial charge in [-0.05, 0) is 232 Å². The number of aromatic nitrogens is 6. The molecule has 0 saturated heterocycles. The van der Waals surface area contributed by atoms with E-state index in [1.807, 2.05) is 42.5 Å². The van der Waals surface area contributed by atoms with Gasteiger partial charge in [0.05, 0.1) is 79.9 Å². The highest BCUT2D eigenvalue weighted by molar-refractivity contribution is 6.16. The number of fused-ring (bicyclic) bond motifs is 18. The molecule has 0 bridgehead atoms. The van der Waals surface area contributed by atoms with Crippen LogP contribution < -0.4 is 0 Å². The Balaban J connectivity index is 0.000000110.